The van der Waals surface area contributed by atoms with Gasteiger partial charge in [0.05, 0.1) is 12.8 Å². The van der Waals surface area contributed by atoms with Gasteiger partial charge in [0, 0.05) is 42.9 Å². The van der Waals surface area contributed by atoms with Crippen LogP contribution in [0.4, 0.5) is 11.4 Å². The molecule has 3 amide bonds. The minimum atomic E-state index is -0.801. The van der Waals surface area contributed by atoms with E-state index in [2.05, 4.69) is 10.4 Å². The number of carbonyl (C=O) groups excluding carboxylic acids is 3. The molecule has 35 heavy (non-hydrogen) atoms. The number of methoxy groups -OCH3 is 1. The van der Waals surface area contributed by atoms with E-state index in [1.165, 1.54) is 4.68 Å². The van der Waals surface area contributed by atoms with Gasteiger partial charge < -0.3 is 25.8 Å². The fourth-order valence-corrected chi connectivity index (χ4v) is 4.13. The second-order valence-corrected chi connectivity index (χ2v) is 8.13. The van der Waals surface area contributed by atoms with E-state index in [1.54, 1.807) is 60.5 Å². The lowest BCUT2D eigenvalue weighted by atomic mass is 10.1. The van der Waals surface area contributed by atoms with E-state index in [0.29, 0.717) is 30.1 Å². The number of nitrogens with two attached hydrogens (primary N) is 1. The molecule has 182 valence electrons. The number of nitrogens with zero attached hydrogens (tertiary/aromatic N) is 3. The Labute approximate surface area is 202 Å². The van der Waals surface area contributed by atoms with E-state index in [0.717, 1.165) is 18.5 Å². The quantitative estimate of drug-likeness (QED) is 0.455. The summed E-state index contributed by atoms with van der Waals surface area (Å²) in [6.07, 6.45) is 2.40. The van der Waals surface area contributed by atoms with Gasteiger partial charge in [-0.1, -0.05) is 0 Å². The molecule has 0 bridgehead atoms. The summed E-state index contributed by atoms with van der Waals surface area (Å²) in [5, 5.41) is 16.7. The highest BCUT2D eigenvalue weighted by Crippen LogP contribution is 2.25. The minimum absolute atomic E-state index is 0.0210. The highest BCUT2D eigenvalue weighted by molar-refractivity contribution is 6.07. The smallest absolute Gasteiger partial charge is 0.274 e. The van der Waals surface area contributed by atoms with Gasteiger partial charge in [0.1, 0.15) is 11.4 Å². The van der Waals surface area contributed by atoms with Crippen molar-refractivity contribution in [3.8, 4) is 11.4 Å². The molecule has 4 N–H and O–H groups in total. The molecule has 0 saturated carbocycles. The van der Waals surface area contributed by atoms with Crippen LogP contribution in [0.3, 0.4) is 0 Å². The third-order valence-corrected chi connectivity index (χ3v) is 5.87. The van der Waals surface area contributed by atoms with Crippen molar-refractivity contribution in [2.24, 2.45) is 5.73 Å². The Bertz CT molecular complexity index is 1230. The average molecular weight is 478 g/mol. The molecule has 0 unspecified atom stereocenters. The monoisotopic (exact) mass is 477 g/mol. The van der Waals surface area contributed by atoms with Crippen LogP contribution < -0.4 is 20.7 Å². The Kier molecular flexibility index (Phi) is 7.11. The third-order valence-electron chi connectivity index (χ3n) is 5.87. The van der Waals surface area contributed by atoms with E-state index >= 15 is 0 Å². The summed E-state index contributed by atoms with van der Waals surface area (Å²) in [4.78, 5) is 39.4. The molecule has 3 aromatic rings. The summed E-state index contributed by atoms with van der Waals surface area (Å²) in [7, 11) is 1.54. The van der Waals surface area contributed by atoms with Gasteiger partial charge >= 0.3 is 0 Å². The van der Waals surface area contributed by atoms with E-state index in [4.69, 9.17) is 10.5 Å². The van der Waals surface area contributed by atoms with Crippen LogP contribution in [0.5, 0.6) is 5.75 Å². The van der Waals surface area contributed by atoms with Gasteiger partial charge in [-0.2, -0.15) is 5.10 Å². The van der Waals surface area contributed by atoms with Crippen molar-refractivity contribution in [2.75, 3.05) is 30.5 Å². The predicted octanol–water partition coefficient (Wildman–Crippen LogP) is 2.28. The molecule has 1 fully saturated rings. The van der Waals surface area contributed by atoms with Gasteiger partial charge in [0.2, 0.25) is 5.91 Å². The molecule has 0 atom stereocenters. The maximum Gasteiger partial charge on any atom is 0.274 e. The first-order valence-electron chi connectivity index (χ1n) is 11.3. The molecule has 1 aromatic heterocycles. The number of nitrogens with one attached hydrogen (secondary N) is 1. The van der Waals surface area contributed by atoms with Crippen LogP contribution in [-0.4, -0.2) is 52.9 Å². The normalized spacial score (nSPS) is 13.5. The summed E-state index contributed by atoms with van der Waals surface area (Å²) in [6, 6.07) is 13.8. The Morgan fingerprint density at radius 1 is 1.09 bits per heavy atom. The molecule has 10 nitrogen and oxygen atoms in total. The van der Waals surface area contributed by atoms with Gasteiger partial charge in [-0.3, -0.25) is 14.4 Å². The zero-order valence-electron chi connectivity index (χ0n) is 19.4. The number of amides is 3. The number of piperidine rings is 1. The number of hydrogen-bond acceptors (Lipinski definition) is 6. The topological polar surface area (TPSA) is 140 Å². The molecular formula is C25H27N5O5. The molecule has 4 rings (SSSR count). The molecule has 2 heterocycles. The molecular weight excluding hydrogens is 450 g/mol. The zero-order valence-corrected chi connectivity index (χ0v) is 19.4. The number of aliphatic hydroxyl groups is 1. The summed E-state index contributed by atoms with van der Waals surface area (Å²) in [5.41, 5.74) is 7.57. The lowest BCUT2D eigenvalue weighted by Crippen LogP contribution is -2.35. The minimum Gasteiger partial charge on any atom is -0.497 e. The first-order valence-corrected chi connectivity index (χ1v) is 11.3. The van der Waals surface area contributed by atoms with Crippen LogP contribution in [0.15, 0.2) is 48.5 Å². The Morgan fingerprint density at radius 3 is 2.37 bits per heavy atom. The summed E-state index contributed by atoms with van der Waals surface area (Å²) >= 11 is 0. The molecule has 1 saturated heterocycles. The largest absolute Gasteiger partial charge is 0.497 e. The first kappa shape index (κ1) is 24.0. The number of carbonyl (C=O) groups is 3. The maximum absolute atomic E-state index is 13.4. The van der Waals surface area contributed by atoms with Crippen LogP contribution in [0.1, 0.15) is 45.8 Å². The van der Waals surface area contributed by atoms with E-state index in [-0.39, 0.29) is 35.9 Å². The van der Waals surface area contributed by atoms with Crippen LogP contribution in [0.25, 0.3) is 5.69 Å². The number of aliphatic hydroxyl groups excluding tert-OH is 1. The van der Waals surface area contributed by atoms with Crippen molar-refractivity contribution in [1.82, 2.24) is 9.78 Å². The standard InChI is InChI=1S/C25H27N5O5/c1-35-19-11-9-18(10-12-19)30-23(20(13-15-31)22(28-30)24(26)33)25(34)27-16-5-7-17(8-6-16)29-14-3-2-4-21(29)32/h5-12,31H,2-4,13-15H2,1H3,(H2,26,33)(H,27,34). The Morgan fingerprint density at radius 2 is 1.77 bits per heavy atom. The van der Waals surface area contributed by atoms with Crippen molar-refractivity contribution in [2.45, 2.75) is 25.7 Å². The van der Waals surface area contributed by atoms with E-state index in [1.807, 2.05) is 0 Å². The molecule has 2 aromatic carbocycles. The summed E-state index contributed by atoms with van der Waals surface area (Å²) < 4.78 is 6.52. The van der Waals surface area contributed by atoms with Crippen LogP contribution in [-0.2, 0) is 11.2 Å². The van der Waals surface area contributed by atoms with Crippen molar-refractivity contribution >= 4 is 29.1 Å². The highest BCUT2D eigenvalue weighted by atomic mass is 16.5. The van der Waals surface area contributed by atoms with Gasteiger partial charge in [0.15, 0.2) is 5.69 Å². The lowest BCUT2D eigenvalue weighted by Gasteiger charge is -2.26. The molecule has 1 aliphatic heterocycles. The maximum atomic E-state index is 13.4. The highest BCUT2D eigenvalue weighted by Gasteiger charge is 2.27. The SMILES string of the molecule is COc1ccc(-n2nc(C(N)=O)c(CCO)c2C(=O)Nc2ccc(N3CCCCC3=O)cc2)cc1. The van der Waals surface area contributed by atoms with Gasteiger partial charge in [-0.25, -0.2) is 4.68 Å². The lowest BCUT2D eigenvalue weighted by molar-refractivity contribution is -0.119. The molecule has 0 radical (unpaired) electrons. The first-order chi connectivity index (χ1) is 16.9. The molecule has 10 heteroatoms. The number of benzene rings is 2. The average Bonchev–Trinajstić information content (AvgIpc) is 3.25. The van der Waals surface area contributed by atoms with E-state index < -0.39 is 11.8 Å². The Hall–Kier alpha value is -4.18. The van der Waals surface area contributed by atoms with Crippen LogP contribution in [0, 0.1) is 0 Å². The number of rotatable bonds is 8. The number of primary amides is 1. The third kappa shape index (κ3) is 5.02. The van der Waals surface area contributed by atoms with Crippen molar-refractivity contribution < 1.29 is 24.2 Å². The van der Waals surface area contributed by atoms with Crippen molar-refractivity contribution in [1.29, 1.82) is 0 Å². The Balaban J connectivity index is 1.67. The van der Waals surface area contributed by atoms with Gasteiger partial charge in [0.25, 0.3) is 11.8 Å². The predicted molar refractivity (Wildman–Crippen MR) is 130 cm³/mol. The number of anilines is 2. The molecule has 0 spiro atoms. The summed E-state index contributed by atoms with van der Waals surface area (Å²) in [5.74, 6) is -0.620. The van der Waals surface area contributed by atoms with Crippen molar-refractivity contribution in [3.05, 3.63) is 65.5 Å². The second kappa shape index (κ2) is 10.4. The second-order valence-electron chi connectivity index (χ2n) is 8.13. The van der Waals surface area contributed by atoms with Gasteiger partial charge in [-0.05, 0) is 61.4 Å². The van der Waals surface area contributed by atoms with Crippen molar-refractivity contribution in [3.63, 3.8) is 0 Å². The number of aromatic nitrogens is 2. The number of hydrogen-bond donors (Lipinski definition) is 3. The number of ether oxygens (including phenoxy) is 1. The summed E-state index contributed by atoms with van der Waals surface area (Å²) in [6.45, 7) is 0.374. The van der Waals surface area contributed by atoms with Gasteiger partial charge in [-0.15, -0.1) is 0 Å². The fourth-order valence-electron chi connectivity index (χ4n) is 4.13. The fraction of sp³-hybridized carbons (Fsp3) is 0.280. The molecule has 1 aliphatic rings. The van der Waals surface area contributed by atoms with E-state index in [9.17, 15) is 19.5 Å². The van der Waals surface area contributed by atoms with Crippen LogP contribution in [0.2, 0.25) is 0 Å². The van der Waals surface area contributed by atoms with Crippen LogP contribution >= 0.6 is 0 Å². The molecule has 0 aliphatic carbocycles. The zero-order chi connectivity index (χ0) is 24.9.